The second-order valence-electron chi connectivity index (χ2n) is 5.03. The molecule has 3 rings (SSSR count). The lowest BCUT2D eigenvalue weighted by molar-refractivity contribution is -0.497. The van der Waals surface area contributed by atoms with Crippen molar-refractivity contribution < 1.29 is 14.8 Å². The number of phenolic OH excluding ortho intramolecular Hbond substituents is 1. The summed E-state index contributed by atoms with van der Waals surface area (Å²) in [5.74, 6) is -0.460. The van der Waals surface area contributed by atoms with Crippen LogP contribution in [0.25, 0.3) is 11.4 Å². The fourth-order valence-electron chi connectivity index (χ4n) is 2.12. The van der Waals surface area contributed by atoms with E-state index in [0.717, 1.165) is 0 Å². The van der Waals surface area contributed by atoms with Crippen molar-refractivity contribution in [2.75, 3.05) is 5.32 Å². The van der Waals surface area contributed by atoms with Gasteiger partial charge in [-0.15, -0.1) is 0 Å². The van der Waals surface area contributed by atoms with Crippen molar-refractivity contribution in [3.8, 4) is 17.1 Å². The number of nitro groups is 1. The van der Waals surface area contributed by atoms with Gasteiger partial charge in [-0.25, -0.2) is 9.97 Å². The molecule has 1 aliphatic rings. The van der Waals surface area contributed by atoms with Gasteiger partial charge in [0.05, 0.1) is 18.1 Å². The van der Waals surface area contributed by atoms with E-state index in [9.17, 15) is 20.0 Å². The molecule has 1 fully saturated rings. The minimum absolute atomic E-state index is 0.109. The predicted molar refractivity (Wildman–Crippen MR) is 76.7 cm³/mol. The first kappa shape index (κ1) is 13.9. The van der Waals surface area contributed by atoms with Gasteiger partial charge in [0, 0.05) is 16.9 Å². The maximum Gasteiger partial charge on any atom is 0.234 e. The highest BCUT2D eigenvalue weighted by atomic mass is 16.6. The van der Waals surface area contributed by atoms with Gasteiger partial charge in [-0.05, 0) is 12.1 Å². The van der Waals surface area contributed by atoms with E-state index in [4.69, 9.17) is 0 Å². The lowest BCUT2D eigenvalue weighted by atomic mass is 10.2. The molecular formula is C14H12N4O4. The van der Waals surface area contributed by atoms with Gasteiger partial charge < -0.3 is 10.4 Å². The molecule has 22 heavy (non-hydrogen) atoms. The third-order valence-electron chi connectivity index (χ3n) is 3.39. The van der Waals surface area contributed by atoms with Gasteiger partial charge in [0.15, 0.2) is 5.82 Å². The Balaban J connectivity index is 1.67. The first-order chi connectivity index (χ1) is 10.5. The number of nitrogens with zero attached hydrogens (tertiary/aromatic N) is 3. The second kappa shape index (κ2) is 5.40. The molecule has 1 amide bonds. The average molecular weight is 300 g/mol. The number of nitrogens with one attached hydrogen (secondary N) is 1. The van der Waals surface area contributed by atoms with E-state index < -0.39 is 22.8 Å². The molecule has 0 saturated heterocycles. The SMILES string of the molecule is O=C(Nc1cnc(-c2cccc(O)c2)nc1)C1CC1[N+](=O)[O-]. The number of anilines is 1. The van der Waals surface area contributed by atoms with E-state index in [0.29, 0.717) is 17.1 Å². The maximum atomic E-state index is 11.8. The van der Waals surface area contributed by atoms with Crippen LogP contribution in [0.2, 0.25) is 0 Å². The standard InChI is InChI=1S/C14H12N4O4/c19-10-3-1-2-8(4-10)13-15-6-9(7-16-13)17-14(20)11-5-12(11)18(21)22/h1-4,6-7,11-12,19H,5H2,(H,17,20). The number of hydrogen-bond acceptors (Lipinski definition) is 6. The normalized spacial score (nSPS) is 19.5. The molecule has 2 atom stereocenters. The Kier molecular flexibility index (Phi) is 3.42. The van der Waals surface area contributed by atoms with Crippen LogP contribution in [-0.2, 0) is 4.79 Å². The van der Waals surface area contributed by atoms with Gasteiger partial charge in [0.25, 0.3) is 0 Å². The highest BCUT2D eigenvalue weighted by Crippen LogP contribution is 2.34. The summed E-state index contributed by atoms with van der Waals surface area (Å²) in [6.07, 6.45) is 3.11. The van der Waals surface area contributed by atoms with Crippen molar-refractivity contribution in [1.82, 2.24) is 9.97 Å². The Morgan fingerprint density at radius 3 is 2.68 bits per heavy atom. The highest BCUT2D eigenvalue weighted by Gasteiger charge is 2.53. The van der Waals surface area contributed by atoms with Crippen LogP contribution in [-0.4, -0.2) is 31.9 Å². The molecule has 0 radical (unpaired) electrons. The number of carbonyl (C=O) groups is 1. The smallest absolute Gasteiger partial charge is 0.234 e. The van der Waals surface area contributed by atoms with Crippen LogP contribution in [0.1, 0.15) is 6.42 Å². The molecule has 2 unspecified atom stereocenters. The summed E-state index contributed by atoms with van der Waals surface area (Å²) in [5.41, 5.74) is 1.02. The van der Waals surface area contributed by atoms with Crippen molar-refractivity contribution >= 4 is 11.6 Å². The van der Waals surface area contributed by atoms with E-state index in [1.54, 1.807) is 18.2 Å². The fourth-order valence-corrected chi connectivity index (χ4v) is 2.12. The molecule has 8 heteroatoms. The molecule has 0 spiro atoms. The zero-order valence-corrected chi connectivity index (χ0v) is 11.3. The summed E-state index contributed by atoms with van der Waals surface area (Å²) >= 11 is 0. The number of carbonyl (C=O) groups excluding carboxylic acids is 1. The Hall–Kier alpha value is -3.03. The number of aromatic nitrogens is 2. The van der Waals surface area contributed by atoms with Crippen LogP contribution in [0.5, 0.6) is 5.75 Å². The summed E-state index contributed by atoms with van der Waals surface area (Å²) in [4.78, 5) is 30.1. The van der Waals surface area contributed by atoms with Crippen molar-refractivity contribution in [3.63, 3.8) is 0 Å². The molecular weight excluding hydrogens is 288 g/mol. The highest BCUT2D eigenvalue weighted by molar-refractivity contribution is 5.94. The van der Waals surface area contributed by atoms with Gasteiger partial charge in [0.1, 0.15) is 11.7 Å². The van der Waals surface area contributed by atoms with Gasteiger partial charge in [-0.3, -0.25) is 14.9 Å². The molecule has 1 aromatic heterocycles. The van der Waals surface area contributed by atoms with E-state index in [2.05, 4.69) is 15.3 Å². The van der Waals surface area contributed by atoms with Crippen molar-refractivity contribution in [3.05, 3.63) is 46.8 Å². The van der Waals surface area contributed by atoms with Crippen LogP contribution in [0.3, 0.4) is 0 Å². The van der Waals surface area contributed by atoms with Crippen LogP contribution < -0.4 is 5.32 Å². The summed E-state index contributed by atoms with van der Waals surface area (Å²) in [6, 6.07) is 5.71. The monoisotopic (exact) mass is 300 g/mol. The first-order valence-corrected chi connectivity index (χ1v) is 6.60. The van der Waals surface area contributed by atoms with Crippen molar-refractivity contribution in [2.24, 2.45) is 5.92 Å². The van der Waals surface area contributed by atoms with Gasteiger partial charge in [-0.1, -0.05) is 12.1 Å². The van der Waals surface area contributed by atoms with Crippen LogP contribution in [0.15, 0.2) is 36.7 Å². The molecule has 2 N–H and O–H groups in total. The molecule has 8 nitrogen and oxygen atoms in total. The molecule has 2 aromatic rings. The molecule has 0 bridgehead atoms. The van der Waals surface area contributed by atoms with Crippen molar-refractivity contribution in [1.29, 1.82) is 0 Å². The van der Waals surface area contributed by atoms with E-state index in [-0.39, 0.29) is 12.2 Å². The van der Waals surface area contributed by atoms with Crippen LogP contribution in [0, 0.1) is 16.0 Å². The minimum atomic E-state index is -0.785. The zero-order chi connectivity index (χ0) is 15.7. The Labute approximate surface area is 125 Å². The second-order valence-corrected chi connectivity index (χ2v) is 5.03. The maximum absolute atomic E-state index is 11.8. The zero-order valence-electron chi connectivity index (χ0n) is 11.3. The van der Waals surface area contributed by atoms with Gasteiger partial charge >= 0.3 is 0 Å². The van der Waals surface area contributed by atoms with Gasteiger partial charge in [0.2, 0.25) is 11.9 Å². The summed E-state index contributed by atoms with van der Waals surface area (Å²) in [5, 5.41) is 22.5. The molecule has 112 valence electrons. The fraction of sp³-hybridized carbons (Fsp3) is 0.214. The number of hydrogen-bond donors (Lipinski definition) is 2. The van der Waals surface area contributed by atoms with Crippen LogP contribution >= 0.6 is 0 Å². The van der Waals surface area contributed by atoms with E-state index >= 15 is 0 Å². The molecule has 1 aliphatic carbocycles. The Morgan fingerprint density at radius 1 is 1.36 bits per heavy atom. The summed E-state index contributed by atoms with van der Waals surface area (Å²) < 4.78 is 0. The van der Waals surface area contributed by atoms with E-state index in [1.165, 1.54) is 18.5 Å². The third-order valence-corrected chi connectivity index (χ3v) is 3.39. The lowest BCUT2D eigenvalue weighted by Crippen LogP contribution is -2.18. The Morgan fingerprint density at radius 2 is 2.09 bits per heavy atom. The molecule has 1 saturated carbocycles. The largest absolute Gasteiger partial charge is 0.508 e. The quantitative estimate of drug-likeness (QED) is 0.651. The first-order valence-electron chi connectivity index (χ1n) is 6.60. The number of rotatable bonds is 4. The summed E-state index contributed by atoms with van der Waals surface area (Å²) in [6.45, 7) is 0. The Bertz CT molecular complexity index is 732. The lowest BCUT2D eigenvalue weighted by Gasteiger charge is -2.04. The molecule has 1 aromatic carbocycles. The average Bonchev–Trinajstić information content (AvgIpc) is 3.29. The third kappa shape index (κ3) is 2.85. The molecule has 0 aliphatic heterocycles. The van der Waals surface area contributed by atoms with E-state index in [1.807, 2.05) is 0 Å². The number of aromatic hydroxyl groups is 1. The van der Waals surface area contributed by atoms with Crippen LogP contribution in [0.4, 0.5) is 5.69 Å². The predicted octanol–water partition coefficient (Wildman–Crippen LogP) is 1.45. The minimum Gasteiger partial charge on any atom is -0.508 e. The topological polar surface area (TPSA) is 118 Å². The molecule has 1 heterocycles. The number of benzene rings is 1. The van der Waals surface area contributed by atoms with Gasteiger partial charge in [-0.2, -0.15) is 0 Å². The summed E-state index contributed by atoms with van der Waals surface area (Å²) in [7, 11) is 0. The number of phenols is 1. The number of amides is 1. The van der Waals surface area contributed by atoms with Crippen molar-refractivity contribution in [2.45, 2.75) is 12.5 Å².